The maximum Gasteiger partial charge on any atom is 0.262 e. The molecule has 0 aromatic heterocycles. The zero-order valence-corrected chi connectivity index (χ0v) is 19.5. The molecule has 32 heavy (non-hydrogen) atoms. The Hall–Kier alpha value is -3.02. The molecule has 0 spiro atoms. The highest BCUT2D eigenvalue weighted by Crippen LogP contribution is 2.24. The molecule has 0 saturated carbocycles. The highest BCUT2D eigenvalue weighted by atomic mass is 16.5. The van der Waals surface area contributed by atoms with Gasteiger partial charge >= 0.3 is 0 Å². The smallest absolute Gasteiger partial charge is 0.262 e. The molecule has 0 bridgehead atoms. The molecule has 0 radical (unpaired) electrons. The third-order valence-electron chi connectivity index (χ3n) is 5.58. The van der Waals surface area contributed by atoms with Gasteiger partial charge in [0.1, 0.15) is 11.5 Å². The number of benzene rings is 2. The van der Waals surface area contributed by atoms with Gasteiger partial charge in [0.05, 0.1) is 6.61 Å². The zero-order valence-electron chi connectivity index (χ0n) is 19.5. The monoisotopic (exact) mass is 438 g/mol. The van der Waals surface area contributed by atoms with E-state index in [-0.39, 0.29) is 18.4 Å². The van der Waals surface area contributed by atoms with Gasteiger partial charge in [-0.25, -0.2) is 0 Å². The van der Waals surface area contributed by atoms with Gasteiger partial charge < -0.3 is 19.7 Å². The Balaban J connectivity index is 1.58. The fourth-order valence-electron chi connectivity index (χ4n) is 4.09. The topological polar surface area (TPSA) is 67.9 Å². The van der Waals surface area contributed by atoms with Crippen LogP contribution in [0.4, 0.5) is 5.69 Å². The van der Waals surface area contributed by atoms with E-state index >= 15 is 0 Å². The van der Waals surface area contributed by atoms with Gasteiger partial charge in [-0.1, -0.05) is 26.8 Å². The number of nitrogens with one attached hydrogen (secondary N) is 1. The molecule has 1 saturated heterocycles. The fourth-order valence-corrected chi connectivity index (χ4v) is 4.09. The third kappa shape index (κ3) is 6.49. The van der Waals surface area contributed by atoms with Gasteiger partial charge in [-0.15, -0.1) is 0 Å². The summed E-state index contributed by atoms with van der Waals surface area (Å²) in [6.45, 7) is 10.4. The molecule has 2 atom stereocenters. The maximum atomic E-state index is 13.0. The van der Waals surface area contributed by atoms with Crippen LogP contribution in [-0.2, 0) is 4.79 Å². The van der Waals surface area contributed by atoms with E-state index in [0.717, 1.165) is 37.2 Å². The summed E-state index contributed by atoms with van der Waals surface area (Å²) in [6.07, 6.45) is 2.09. The summed E-state index contributed by atoms with van der Waals surface area (Å²) in [7, 11) is 0. The fraction of sp³-hybridized carbons (Fsp3) is 0.462. The van der Waals surface area contributed by atoms with Crippen LogP contribution in [0.1, 0.15) is 49.5 Å². The number of hydrogen-bond acceptors (Lipinski definition) is 4. The number of amides is 2. The first-order valence-electron chi connectivity index (χ1n) is 11.4. The largest absolute Gasteiger partial charge is 0.494 e. The molecule has 2 aromatic carbocycles. The molecule has 6 nitrogen and oxygen atoms in total. The van der Waals surface area contributed by atoms with Gasteiger partial charge in [0.2, 0.25) is 0 Å². The molecule has 0 aliphatic carbocycles. The van der Waals surface area contributed by atoms with Crippen molar-refractivity contribution in [3.8, 4) is 11.5 Å². The number of ether oxygens (including phenoxy) is 2. The van der Waals surface area contributed by atoms with Gasteiger partial charge in [-0.3, -0.25) is 9.59 Å². The number of rotatable bonds is 8. The molecule has 2 aromatic rings. The van der Waals surface area contributed by atoms with Crippen LogP contribution in [0, 0.1) is 18.8 Å². The van der Waals surface area contributed by atoms with Gasteiger partial charge in [0.25, 0.3) is 11.8 Å². The Morgan fingerprint density at radius 2 is 1.62 bits per heavy atom. The molecule has 1 heterocycles. The molecule has 1 fully saturated rings. The minimum Gasteiger partial charge on any atom is -0.494 e. The first kappa shape index (κ1) is 23.6. The Morgan fingerprint density at radius 3 is 2.25 bits per heavy atom. The average Bonchev–Trinajstić information content (AvgIpc) is 2.77. The predicted octanol–water partition coefficient (Wildman–Crippen LogP) is 4.92. The predicted molar refractivity (Wildman–Crippen MR) is 126 cm³/mol. The summed E-state index contributed by atoms with van der Waals surface area (Å²) >= 11 is 0. The maximum absolute atomic E-state index is 13.0. The highest BCUT2D eigenvalue weighted by molar-refractivity contribution is 5.98. The van der Waals surface area contributed by atoms with Gasteiger partial charge in [-0.05, 0) is 73.6 Å². The lowest BCUT2D eigenvalue weighted by Gasteiger charge is -2.35. The lowest BCUT2D eigenvalue weighted by molar-refractivity contribution is -0.118. The van der Waals surface area contributed by atoms with Crippen LogP contribution in [0.25, 0.3) is 0 Å². The summed E-state index contributed by atoms with van der Waals surface area (Å²) < 4.78 is 11.1. The molecule has 172 valence electrons. The van der Waals surface area contributed by atoms with Crippen molar-refractivity contribution in [1.29, 1.82) is 0 Å². The number of likely N-dealkylation sites (tertiary alicyclic amines) is 1. The van der Waals surface area contributed by atoms with Gasteiger partial charge in [-0.2, -0.15) is 0 Å². The molecular weight excluding hydrogens is 404 g/mol. The third-order valence-corrected chi connectivity index (χ3v) is 5.58. The molecule has 1 aliphatic rings. The van der Waals surface area contributed by atoms with E-state index < -0.39 is 0 Å². The first-order chi connectivity index (χ1) is 15.4. The Labute approximate surface area is 190 Å². The van der Waals surface area contributed by atoms with Crippen molar-refractivity contribution < 1.29 is 19.1 Å². The second-order valence-corrected chi connectivity index (χ2v) is 8.84. The number of carbonyl (C=O) groups is 2. The first-order valence-corrected chi connectivity index (χ1v) is 11.4. The summed E-state index contributed by atoms with van der Waals surface area (Å²) in [5, 5.41) is 2.88. The van der Waals surface area contributed by atoms with Crippen LogP contribution in [0.3, 0.4) is 0 Å². The molecule has 1 N–H and O–H groups in total. The molecule has 2 amide bonds. The van der Waals surface area contributed by atoms with Crippen molar-refractivity contribution in [2.24, 2.45) is 11.8 Å². The second kappa shape index (κ2) is 11.0. The average molecular weight is 439 g/mol. The summed E-state index contributed by atoms with van der Waals surface area (Å²) in [4.78, 5) is 27.4. The zero-order chi connectivity index (χ0) is 23.1. The number of hydrogen-bond donors (Lipinski definition) is 1. The normalized spacial score (nSPS) is 18.2. The Bertz CT molecular complexity index is 916. The molecule has 2 unspecified atom stereocenters. The standard InChI is InChI=1S/C26H34N2O4/c1-5-12-31-22-8-10-23(11-9-22)32-17-25(29)27-24-14-21(7-6-20(24)4)26(30)28-15-18(2)13-19(3)16-28/h6-11,14,18-19H,5,12-13,15-17H2,1-4H3,(H,27,29). The molecule has 1 aliphatic heterocycles. The minimum atomic E-state index is -0.274. The van der Waals surface area contributed by atoms with Gasteiger partial charge in [0, 0.05) is 24.3 Å². The van der Waals surface area contributed by atoms with E-state index in [0.29, 0.717) is 35.4 Å². The summed E-state index contributed by atoms with van der Waals surface area (Å²) in [5.41, 5.74) is 2.12. The minimum absolute atomic E-state index is 0.0144. The van der Waals surface area contributed by atoms with Crippen LogP contribution in [0.2, 0.25) is 0 Å². The van der Waals surface area contributed by atoms with E-state index in [1.54, 1.807) is 18.2 Å². The lowest BCUT2D eigenvalue weighted by Crippen LogP contribution is -2.42. The van der Waals surface area contributed by atoms with Crippen LogP contribution in [0.15, 0.2) is 42.5 Å². The summed E-state index contributed by atoms with van der Waals surface area (Å²) in [5.74, 6) is 2.11. The van der Waals surface area contributed by atoms with Gasteiger partial charge in [0.15, 0.2) is 6.61 Å². The Morgan fingerprint density at radius 1 is 1.00 bits per heavy atom. The number of carbonyl (C=O) groups excluding carboxylic acids is 2. The van der Waals surface area contributed by atoms with E-state index in [1.807, 2.05) is 36.1 Å². The van der Waals surface area contributed by atoms with Crippen LogP contribution in [0.5, 0.6) is 11.5 Å². The SMILES string of the molecule is CCCOc1ccc(OCC(=O)Nc2cc(C(=O)N3CC(C)CC(C)C3)ccc2C)cc1. The lowest BCUT2D eigenvalue weighted by atomic mass is 9.91. The van der Waals surface area contributed by atoms with Crippen molar-refractivity contribution in [3.05, 3.63) is 53.6 Å². The van der Waals surface area contributed by atoms with E-state index in [1.165, 1.54) is 0 Å². The number of nitrogens with zero attached hydrogens (tertiary/aromatic N) is 1. The van der Waals surface area contributed by atoms with Crippen LogP contribution >= 0.6 is 0 Å². The van der Waals surface area contributed by atoms with E-state index in [2.05, 4.69) is 26.1 Å². The van der Waals surface area contributed by atoms with Crippen molar-refractivity contribution in [3.63, 3.8) is 0 Å². The number of aryl methyl sites for hydroxylation is 1. The van der Waals surface area contributed by atoms with Crippen molar-refractivity contribution in [2.75, 3.05) is 31.6 Å². The van der Waals surface area contributed by atoms with E-state index in [4.69, 9.17) is 9.47 Å². The van der Waals surface area contributed by atoms with E-state index in [9.17, 15) is 9.59 Å². The van der Waals surface area contributed by atoms with Crippen LogP contribution < -0.4 is 14.8 Å². The van der Waals surface area contributed by atoms with Crippen LogP contribution in [-0.4, -0.2) is 43.0 Å². The molecule has 6 heteroatoms. The van der Waals surface area contributed by atoms with Crippen molar-refractivity contribution >= 4 is 17.5 Å². The van der Waals surface area contributed by atoms with Crippen molar-refractivity contribution in [2.45, 2.75) is 40.5 Å². The molecular formula is C26H34N2O4. The highest BCUT2D eigenvalue weighted by Gasteiger charge is 2.26. The van der Waals surface area contributed by atoms with Crippen molar-refractivity contribution in [1.82, 2.24) is 4.90 Å². The quantitative estimate of drug-likeness (QED) is 0.635. The second-order valence-electron chi connectivity index (χ2n) is 8.84. The number of anilines is 1. The summed E-state index contributed by atoms with van der Waals surface area (Å²) in [6, 6.07) is 12.7. The Kier molecular flexibility index (Phi) is 8.14. The number of piperidine rings is 1. The molecule has 3 rings (SSSR count).